The van der Waals surface area contributed by atoms with Crippen LogP contribution in [-0.2, 0) is 143 Å². The molecule has 12 heterocycles. The van der Waals surface area contributed by atoms with Crippen LogP contribution in [0.3, 0.4) is 0 Å². The van der Waals surface area contributed by atoms with Crippen molar-refractivity contribution in [2.75, 3.05) is 67.4 Å². The Labute approximate surface area is 904 Å². The molecule has 0 fully saturated rings. The Morgan fingerprint density at radius 3 is 0.972 bits per heavy atom. The van der Waals surface area contributed by atoms with Crippen molar-refractivity contribution >= 4 is 96.7 Å². The van der Waals surface area contributed by atoms with E-state index < -0.39 is 0 Å². The van der Waals surface area contributed by atoms with Crippen LogP contribution < -0.4 is 39.2 Å². The van der Waals surface area contributed by atoms with Gasteiger partial charge in [0.05, 0.1) is 17.2 Å². The number of benzene rings is 13. The molecule has 25 rings (SSSR count). The molecule has 16 aromatic rings. The fourth-order valence-electron chi connectivity index (χ4n) is 19.8. The summed E-state index contributed by atoms with van der Waals surface area (Å²) in [6, 6.07) is 118. The quantitative estimate of drug-likeness (QED) is 0.102. The maximum absolute atomic E-state index is 4.98. The van der Waals surface area contributed by atoms with Gasteiger partial charge in [0, 0.05) is 150 Å². The fraction of sp³-hybridized carbons (Fsp3) is 0.157. The fourth-order valence-corrected chi connectivity index (χ4v) is 19.8. The largest absolute Gasteiger partial charge is 0.510 e. The number of nitrogens with zero attached hydrogens (tertiary/aromatic N) is 19. The molecule has 13 aromatic carbocycles. The van der Waals surface area contributed by atoms with Crippen molar-refractivity contribution < 1.29 is 84.3 Å². The molecule has 0 bridgehead atoms. The first-order chi connectivity index (χ1) is 68.5. The van der Waals surface area contributed by atoms with Crippen molar-refractivity contribution in [3.8, 4) is 33.9 Å². The van der Waals surface area contributed by atoms with E-state index in [1.165, 1.54) is 83.9 Å². The Balaban J connectivity index is 0.000000126. The van der Waals surface area contributed by atoms with Gasteiger partial charge < -0.3 is 68.4 Å². The maximum Gasteiger partial charge on any atom is 0.0678 e. The van der Waals surface area contributed by atoms with E-state index >= 15 is 0 Å². The van der Waals surface area contributed by atoms with Gasteiger partial charge in [0.1, 0.15) is 0 Å². The number of fused-ring (bicyclic) bond motifs is 8. The summed E-state index contributed by atoms with van der Waals surface area (Å²) in [6.45, 7) is 18.7. The molecular weight excluding hydrogens is 2500 g/mol. The second-order valence-corrected chi connectivity index (χ2v) is 36.5. The third-order valence-electron chi connectivity index (χ3n) is 27.2. The predicted octanol–water partition coefficient (Wildman–Crippen LogP) is 25.5. The van der Waals surface area contributed by atoms with Gasteiger partial charge in [-0.3, -0.25) is 14.3 Å². The molecule has 0 spiro atoms. The zero-order valence-electron chi connectivity index (χ0n) is 81.5. The summed E-state index contributed by atoms with van der Waals surface area (Å²) in [5.41, 5.74) is 40.2. The number of hydrogen-bond donors (Lipinski definition) is 0. The number of anilines is 16. The second-order valence-electron chi connectivity index (χ2n) is 36.5. The summed E-state index contributed by atoms with van der Waals surface area (Å²) in [5.74, 6) is 0.910. The number of aryl methyl sites for hydroxylation is 11. The van der Waals surface area contributed by atoms with Crippen molar-refractivity contribution in [3.63, 3.8) is 0 Å². The van der Waals surface area contributed by atoms with E-state index in [0.29, 0.717) is 0 Å². The van der Waals surface area contributed by atoms with Gasteiger partial charge in [0.2, 0.25) is 0 Å². The van der Waals surface area contributed by atoms with Crippen LogP contribution in [0, 0.1) is 110 Å². The van der Waals surface area contributed by atoms with Crippen LogP contribution in [0.2, 0.25) is 0 Å². The first-order valence-electron chi connectivity index (χ1n) is 47.8. The molecule has 0 aliphatic carbocycles. The Morgan fingerprint density at radius 1 is 0.292 bits per heavy atom. The Bertz CT molecular complexity index is 7590. The van der Waals surface area contributed by atoms with Crippen LogP contribution in [0.15, 0.2) is 328 Å². The van der Waals surface area contributed by atoms with Crippen molar-refractivity contribution in [2.45, 2.75) is 92.4 Å². The minimum absolute atomic E-state index is 0. The van der Waals surface area contributed by atoms with E-state index in [4.69, 9.17) is 10.2 Å². The summed E-state index contributed by atoms with van der Waals surface area (Å²) in [6.07, 6.45) is 32.8. The van der Waals surface area contributed by atoms with E-state index in [1.54, 1.807) is 0 Å². The van der Waals surface area contributed by atoms with Crippen LogP contribution in [0.5, 0.6) is 0 Å². The number of para-hydroxylation sites is 4. The Hall–Kier alpha value is -13.8. The first-order valence-corrected chi connectivity index (χ1v) is 47.8. The van der Waals surface area contributed by atoms with Gasteiger partial charge in [-0.1, -0.05) is 169 Å². The molecular formula is C121H105N19Pt4-12. The van der Waals surface area contributed by atoms with Crippen molar-refractivity contribution in [2.24, 2.45) is 12.0 Å². The number of aromatic nitrogens is 6. The minimum Gasteiger partial charge on any atom is -0.510 e. The summed E-state index contributed by atoms with van der Waals surface area (Å²) in [4.78, 5) is 34.9. The summed E-state index contributed by atoms with van der Waals surface area (Å²) >= 11 is 0. The first kappa shape index (κ1) is 100. The molecule has 9 aliphatic heterocycles. The molecule has 0 N–H and O–H groups in total. The Morgan fingerprint density at radius 2 is 0.625 bits per heavy atom. The van der Waals surface area contributed by atoms with Crippen LogP contribution in [0.25, 0.3) is 33.9 Å². The molecule has 0 atom stereocenters. The van der Waals surface area contributed by atoms with Crippen LogP contribution >= 0.6 is 0 Å². The smallest absolute Gasteiger partial charge is 0.0678 e. The molecule has 144 heavy (non-hydrogen) atoms. The average molecular weight is 2610 g/mol. The standard InChI is InChI=1S/C35H30N5.C30H28N5.C28H24N5.C28H23N4.4Pt/c1-25-35(29-11-5-4-6-12-29)26(2)40(36-25)32-19-18-28-17-16-27-10-7-8-15-33(27)39(34(28)23-32)31-14-9-13-30(22-31)38-21-20-37(3)24-38;1-21-22(2)31-35(23(21)3)28-15-14-25-13-12-24-8-5-6-11-29(24)34(30(25)19-28)27-10-7-9-26(18-27)33-17-16-32(4)20-33;1-30-16-17-32(20-30)24-7-5-8-25(19-24)33-26-9-4-3-6-21(26)10-11-22-12-13-23(18-27(22)33)28-29-14-15-31(28)2;1-30-16-17-31(20-30)24-7-4-8-25(19-24)32-27-10-3-2-6-21(27)11-12-22-13-14-23(18-28(22)32)26-9-5-15-29-26;;;;/h4-15,18-21,24H,16-17H2,1-3H3;5-11,14-17,20H,12-13H2,1-4H3;3-9,12-17,20H,10-11H2,1-2H3;2-8,10,13-17,20H,9,11-12H2,1H3;;;;/q4*-3;;;;. The maximum atomic E-state index is 4.98. The molecule has 19 nitrogen and oxygen atoms in total. The van der Waals surface area contributed by atoms with Crippen molar-refractivity contribution in [3.05, 3.63) is 477 Å². The SMILES string of the molecule is CN1C=CN(c2[c-]c(N3c4[c-]c(-c5nccn5C)ccc4CCc4ccccc43)ccc2)[CH-]1.CN1C=CN(c2[c-]c(N3c4[c-]c(C5=NC=CC5)ccc4CCc4ccccc43)ccc2)[CH-]1.Cc1nn(-c2[c-]c3c(cc2)CCc2ccccc2N3c2[c-]c(N3C=CN(C)[CH-]3)ccc2)c(C)c1-c1ccccc1.Cc1nn(-c2[c-]c3c(cc2)CCc2ccccc2N3c2[c-]c(N3C=CN(C)[CH-]3)ccc2)c(C)c1C.[Pt].[Pt].[Pt].[Pt]. The zero-order valence-corrected chi connectivity index (χ0v) is 90.6. The summed E-state index contributed by atoms with van der Waals surface area (Å²) in [5, 5.41) is 9.78. The summed E-state index contributed by atoms with van der Waals surface area (Å²) < 4.78 is 6.08. The van der Waals surface area contributed by atoms with Crippen molar-refractivity contribution in [1.82, 2.24) is 48.7 Å². The Kier molecular flexibility index (Phi) is 30.5. The van der Waals surface area contributed by atoms with Crippen LogP contribution in [-0.4, -0.2) is 82.6 Å². The van der Waals surface area contributed by atoms with Gasteiger partial charge in [-0.15, -0.1) is 190 Å². The number of allylic oxidation sites excluding steroid dienone is 1. The molecule has 0 amide bonds. The number of hydrogen-bond acceptors (Lipinski definition) is 16. The predicted molar refractivity (Wildman–Crippen MR) is 565 cm³/mol. The van der Waals surface area contributed by atoms with E-state index in [1.807, 2.05) is 131 Å². The van der Waals surface area contributed by atoms with E-state index in [2.05, 4.69) is 420 Å². The van der Waals surface area contributed by atoms with Gasteiger partial charge >= 0.3 is 0 Å². The summed E-state index contributed by atoms with van der Waals surface area (Å²) in [7, 11) is 10.1. The third kappa shape index (κ3) is 20.4. The topological polar surface area (TPSA) is 105 Å². The molecule has 736 valence electrons. The monoisotopic (exact) mass is 2600 g/mol. The van der Waals surface area contributed by atoms with Crippen molar-refractivity contribution in [1.29, 1.82) is 0 Å². The zero-order chi connectivity index (χ0) is 95.2. The van der Waals surface area contributed by atoms with Crippen LogP contribution in [0.1, 0.15) is 84.8 Å². The third-order valence-corrected chi connectivity index (χ3v) is 27.2. The molecule has 0 saturated heterocycles. The normalized spacial score (nSPS) is 14.7. The van der Waals surface area contributed by atoms with Crippen LogP contribution in [0.4, 0.5) is 91.0 Å². The second kappa shape index (κ2) is 43.8. The number of imidazole rings is 1. The molecule has 9 aliphatic rings. The molecule has 0 radical (unpaired) electrons. The average Bonchev–Trinajstić information content (AvgIpc) is 1.59. The van der Waals surface area contributed by atoms with E-state index in [0.717, 1.165) is 183 Å². The van der Waals surface area contributed by atoms with Gasteiger partial charge in [-0.2, -0.15) is 73.3 Å². The molecule has 23 heteroatoms. The molecule has 3 aromatic heterocycles. The van der Waals surface area contributed by atoms with E-state index in [-0.39, 0.29) is 84.3 Å². The van der Waals surface area contributed by atoms with E-state index in [9.17, 15) is 0 Å². The van der Waals surface area contributed by atoms with Gasteiger partial charge in [0.25, 0.3) is 0 Å². The minimum atomic E-state index is 0. The number of aliphatic imine (C=N–C) groups is 1. The molecule has 0 saturated carbocycles. The van der Waals surface area contributed by atoms with Gasteiger partial charge in [-0.05, 0) is 231 Å². The number of rotatable bonds is 13. The van der Waals surface area contributed by atoms with Gasteiger partial charge in [0.15, 0.2) is 0 Å². The molecule has 0 unspecified atom stereocenters. The van der Waals surface area contributed by atoms with Gasteiger partial charge in [-0.25, -0.2) is 0 Å².